The van der Waals surface area contributed by atoms with Gasteiger partial charge in [-0.1, -0.05) is 24.3 Å². The standard InChI is InChI=1S/C26H24FN3O2/c1-32-22-11-5-7-18(16-22)24-23-12-2-3-14-30(23)25(28-24)20-9-6-13-29(17-20)26(31)19-8-4-10-21(27)15-19/h2-5,7-8,10-12,14-16,20H,6,9,13,17H2,1H3/t20-/m1/s1. The summed E-state index contributed by atoms with van der Waals surface area (Å²) in [5.74, 6) is 1.28. The first-order chi connectivity index (χ1) is 15.6. The van der Waals surface area contributed by atoms with Crippen LogP contribution in [0.25, 0.3) is 16.8 Å². The maximum atomic E-state index is 13.6. The molecule has 162 valence electrons. The van der Waals surface area contributed by atoms with E-state index in [0.29, 0.717) is 18.7 Å². The number of fused-ring (bicyclic) bond motifs is 1. The quantitative estimate of drug-likeness (QED) is 0.450. The van der Waals surface area contributed by atoms with Gasteiger partial charge in [0.25, 0.3) is 5.91 Å². The minimum absolute atomic E-state index is 0.0931. The van der Waals surface area contributed by atoms with Crippen molar-refractivity contribution >= 4 is 11.4 Å². The lowest BCUT2D eigenvalue weighted by molar-refractivity contribution is 0.0704. The molecule has 6 heteroatoms. The van der Waals surface area contributed by atoms with Crippen LogP contribution in [0.15, 0.2) is 72.9 Å². The van der Waals surface area contributed by atoms with Crippen molar-refractivity contribution < 1.29 is 13.9 Å². The summed E-state index contributed by atoms with van der Waals surface area (Å²) in [6, 6.07) is 19.8. The highest BCUT2D eigenvalue weighted by molar-refractivity contribution is 5.94. The summed E-state index contributed by atoms with van der Waals surface area (Å²) in [5, 5.41) is 0. The molecule has 1 fully saturated rings. The predicted octanol–water partition coefficient (Wildman–Crippen LogP) is 5.17. The van der Waals surface area contributed by atoms with Gasteiger partial charge in [-0.2, -0.15) is 0 Å². The molecule has 4 aromatic rings. The lowest BCUT2D eigenvalue weighted by atomic mass is 9.96. The van der Waals surface area contributed by atoms with Gasteiger partial charge in [0, 0.05) is 36.3 Å². The van der Waals surface area contributed by atoms with Crippen molar-refractivity contribution in [1.82, 2.24) is 14.3 Å². The summed E-state index contributed by atoms with van der Waals surface area (Å²) in [7, 11) is 1.65. The first kappa shape index (κ1) is 20.2. The van der Waals surface area contributed by atoms with Crippen molar-refractivity contribution in [3.63, 3.8) is 0 Å². The molecular formula is C26H24FN3O2. The Kier molecular flexibility index (Phi) is 5.35. The molecule has 1 amide bonds. The highest BCUT2D eigenvalue weighted by atomic mass is 19.1. The lowest BCUT2D eigenvalue weighted by Crippen LogP contribution is -2.39. The minimum atomic E-state index is -0.397. The van der Waals surface area contributed by atoms with Crippen molar-refractivity contribution in [2.75, 3.05) is 20.2 Å². The molecule has 3 heterocycles. The van der Waals surface area contributed by atoms with Gasteiger partial charge in [-0.3, -0.25) is 4.79 Å². The Morgan fingerprint density at radius 2 is 1.97 bits per heavy atom. The molecule has 0 bridgehead atoms. The molecule has 2 aromatic carbocycles. The molecule has 32 heavy (non-hydrogen) atoms. The van der Waals surface area contributed by atoms with Crippen molar-refractivity contribution in [1.29, 1.82) is 0 Å². The van der Waals surface area contributed by atoms with Crippen LogP contribution in [0.5, 0.6) is 5.75 Å². The third kappa shape index (κ3) is 3.73. The second-order valence-electron chi connectivity index (χ2n) is 8.11. The summed E-state index contributed by atoms with van der Waals surface area (Å²) < 4.78 is 21.2. The zero-order valence-corrected chi connectivity index (χ0v) is 17.9. The van der Waals surface area contributed by atoms with E-state index in [0.717, 1.165) is 41.2 Å². The maximum Gasteiger partial charge on any atom is 0.253 e. The van der Waals surface area contributed by atoms with Crippen molar-refractivity contribution in [3.8, 4) is 17.0 Å². The number of imidazole rings is 1. The Balaban J connectivity index is 1.50. The van der Waals surface area contributed by atoms with Crippen LogP contribution < -0.4 is 4.74 Å². The Bertz CT molecular complexity index is 1280. The van der Waals surface area contributed by atoms with Crippen LogP contribution in [0.1, 0.15) is 34.9 Å². The summed E-state index contributed by atoms with van der Waals surface area (Å²) in [4.78, 5) is 19.9. The van der Waals surface area contributed by atoms with E-state index >= 15 is 0 Å². The number of hydrogen-bond acceptors (Lipinski definition) is 3. The van der Waals surface area contributed by atoms with Gasteiger partial charge in [0.1, 0.15) is 17.4 Å². The number of hydrogen-bond donors (Lipinski definition) is 0. The molecule has 2 aromatic heterocycles. The van der Waals surface area contributed by atoms with E-state index in [2.05, 4.69) is 10.5 Å². The molecule has 5 rings (SSSR count). The molecular weight excluding hydrogens is 405 g/mol. The van der Waals surface area contributed by atoms with Crippen LogP contribution >= 0.6 is 0 Å². The fourth-order valence-corrected chi connectivity index (χ4v) is 4.51. The van der Waals surface area contributed by atoms with Gasteiger partial charge in [0.15, 0.2) is 0 Å². The number of halogens is 1. The number of nitrogens with zero attached hydrogens (tertiary/aromatic N) is 3. The molecule has 5 nitrogen and oxygen atoms in total. The third-order valence-electron chi connectivity index (χ3n) is 6.06. The molecule has 1 atom stereocenters. The summed E-state index contributed by atoms with van der Waals surface area (Å²) in [6.07, 6.45) is 3.84. The molecule has 0 saturated carbocycles. The molecule has 0 spiro atoms. The van der Waals surface area contributed by atoms with E-state index in [1.165, 1.54) is 12.1 Å². The largest absolute Gasteiger partial charge is 0.497 e. The van der Waals surface area contributed by atoms with Gasteiger partial charge < -0.3 is 14.0 Å². The Hall–Kier alpha value is -3.67. The lowest BCUT2D eigenvalue weighted by Gasteiger charge is -2.32. The van der Waals surface area contributed by atoms with E-state index < -0.39 is 5.82 Å². The fourth-order valence-electron chi connectivity index (χ4n) is 4.51. The van der Waals surface area contributed by atoms with Crippen molar-refractivity contribution in [2.24, 2.45) is 0 Å². The molecule has 1 saturated heterocycles. The van der Waals surface area contributed by atoms with Crippen LogP contribution in [0, 0.1) is 5.82 Å². The van der Waals surface area contributed by atoms with Gasteiger partial charge in [-0.05, 0) is 55.3 Å². The summed E-state index contributed by atoms with van der Waals surface area (Å²) in [6.45, 7) is 1.22. The number of methoxy groups -OCH3 is 1. The average Bonchev–Trinajstić information content (AvgIpc) is 3.23. The highest BCUT2D eigenvalue weighted by Gasteiger charge is 2.29. The number of likely N-dealkylation sites (tertiary alicyclic amines) is 1. The second-order valence-corrected chi connectivity index (χ2v) is 8.11. The van der Waals surface area contributed by atoms with Gasteiger partial charge in [-0.15, -0.1) is 0 Å². The van der Waals surface area contributed by atoms with E-state index in [1.54, 1.807) is 19.2 Å². The van der Waals surface area contributed by atoms with E-state index in [4.69, 9.17) is 9.72 Å². The number of piperidine rings is 1. The first-order valence-electron chi connectivity index (χ1n) is 10.8. The summed E-state index contributed by atoms with van der Waals surface area (Å²) in [5.41, 5.74) is 3.29. The number of ether oxygens (including phenoxy) is 1. The normalized spacial score (nSPS) is 16.3. The molecule has 0 radical (unpaired) electrons. The smallest absolute Gasteiger partial charge is 0.253 e. The van der Waals surface area contributed by atoms with E-state index in [1.807, 2.05) is 47.5 Å². The monoisotopic (exact) mass is 429 g/mol. The number of benzene rings is 2. The van der Waals surface area contributed by atoms with E-state index in [9.17, 15) is 9.18 Å². The molecule has 0 unspecified atom stereocenters. The Morgan fingerprint density at radius 3 is 2.81 bits per heavy atom. The molecule has 1 aliphatic rings. The zero-order chi connectivity index (χ0) is 22.1. The van der Waals surface area contributed by atoms with Gasteiger partial charge >= 0.3 is 0 Å². The summed E-state index contributed by atoms with van der Waals surface area (Å²) >= 11 is 0. The predicted molar refractivity (Wildman–Crippen MR) is 121 cm³/mol. The number of carbonyl (C=O) groups is 1. The highest BCUT2D eigenvalue weighted by Crippen LogP contribution is 2.33. The number of aromatic nitrogens is 2. The second kappa shape index (κ2) is 8.46. The van der Waals surface area contributed by atoms with Gasteiger partial charge in [-0.25, -0.2) is 9.37 Å². The number of amides is 1. The Morgan fingerprint density at radius 1 is 1.09 bits per heavy atom. The van der Waals surface area contributed by atoms with Crippen molar-refractivity contribution in [2.45, 2.75) is 18.8 Å². The van der Waals surface area contributed by atoms with Gasteiger partial charge in [0.2, 0.25) is 0 Å². The number of carbonyl (C=O) groups excluding carboxylic acids is 1. The molecule has 0 N–H and O–H groups in total. The number of pyridine rings is 1. The van der Waals surface area contributed by atoms with Crippen LogP contribution in [0.2, 0.25) is 0 Å². The van der Waals surface area contributed by atoms with Gasteiger partial charge in [0.05, 0.1) is 18.3 Å². The topological polar surface area (TPSA) is 46.8 Å². The Labute approximate surface area is 186 Å². The maximum absolute atomic E-state index is 13.6. The zero-order valence-electron chi connectivity index (χ0n) is 17.9. The fraction of sp³-hybridized carbons (Fsp3) is 0.231. The third-order valence-corrected chi connectivity index (χ3v) is 6.06. The van der Waals surface area contributed by atoms with E-state index in [-0.39, 0.29) is 11.8 Å². The van der Waals surface area contributed by atoms with Crippen LogP contribution in [-0.4, -0.2) is 40.4 Å². The SMILES string of the molecule is COc1cccc(-c2nc([C@@H]3CCCN(C(=O)c4cccc(F)c4)C3)n3ccccc23)c1. The molecule has 0 aliphatic carbocycles. The average molecular weight is 429 g/mol. The van der Waals surface area contributed by atoms with Crippen LogP contribution in [0.3, 0.4) is 0 Å². The van der Waals surface area contributed by atoms with Crippen molar-refractivity contribution in [3.05, 3.63) is 90.1 Å². The number of rotatable bonds is 4. The molecule has 1 aliphatic heterocycles. The first-order valence-corrected chi connectivity index (χ1v) is 10.8. The minimum Gasteiger partial charge on any atom is -0.497 e. The van der Waals surface area contributed by atoms with Crippen LogP contribution in [-0.2, 0) is 0 Å². The van der Waals surface area contributed by atoms with Crippen LogP contribution in [0.4, 0.5) is 4.39 Å².